The van der Waals surface area contributed by atoms with Gasteiger partial charge in [-0.1, -0.05) is 17.1 Å². The van der Waals surface area contributed by atoms with Crippen molar-refractivity contribution in [1.82, 2.24) is 13.7 Å². The van der Waals surface area contributed by atoms with Gasteiger partial charge in [-0.15, -0.1) is 0 Å². The van der Waals surface area contributed by atoms with Crippen LogP contribution in [0, 0.1) is 0 Å². The van der Waals surface area contributed by atoms with Gasteiger partial charge >= 0.3 is 15.8 Å². The lowest BCUT2D eigenvalue weighted by molar-refractivity contribution is -0.164. The molecule has 0 saturated heterocycles. The van der Waals surface area contributed by atoms with E-state index < -0.39 is 77.6 Å². The molecular formula is C14H24F7N3O6S3. The number of allylic oxidation sites excluding steroid dienone is 1. The summed E-state index contributed by atoms with van der Waals surface area (Å²) in [4.78, 5) is 0. The molecular weight excluding hydrogens is 535 g/mol. The first kappa shape index (κ1) is 32.0. The number of nitrogens with one attached hydrogen (secondary N) is 2. The Kier molecular flexibility index (Phi) is 9.99. The second-order valence-electron chi connectivity index (χ2n) is 6.70. The number of nitrogens with zero attached hydrogens (tertiary/aromatic N) is 1. The molecule has 0 aromatic heterocycles. The number of hydrogen-bond donors (Lipinski definition) is 2. The van der Waals surface area contributed by atoms with Crippen LogP contribution in [0.15, 0.2) is 12.2 Å². The highest BCUT2D eigenvalue weighted by Gasteiger charge is 2.78. The van der Waals surface area contributed by atoms with E-state index in [2.05, 4.69) is 5.32 Å². The Morgan fingerprint density at radius 1 is 0.848 bits per heavy atom. The van der Waals surface area contributed by atoms with Gasteiger partial charge in [0.1, 0.15) is 0 Å². The summed E-state index contributed by atoms with van der Waals surface area (Å²) in [7, 11) is -18.8. The van der Waals surface area contributed by atoms with Crippen molar-refractivity contribution in [2.24, 2.45) is 0 Å². The molecule has 0 aliphatic heterocycles. The molecule has 2 N–H and O–H groups in total. The van der Waals surface area contributed by atoms with E-state index in [1.807, 2.05) is 0 Å². The smallest absolute Gasteiger partial charge is 0.318 e. The number of alkyl halides is 7. The number of hydrogen-bond acceptors (Lipinski definition) is 7. The molecule has 0 fully saturated rings. The van der Waals surface area contributed by atoms with Crippen LogP contribution in [0.2, 0.25) is 0 Å². The van der Waals surface area contributed by atoms with Crippen LogP contribution >= 0.6 is 0 Å². The summed E-state index contributed by atoms with van der Waals surface area (Å²) >= 11 is 0. The van der Waals surface area contributed by atoms with Gasteiger partial charge in [-0.2, -0.15) is 30.6 Å². The number of sulfonamides is 3. The van der Waals surface area contributed by atoms with Gasteiger partial charge < -0.3 is 5.32 Å². The molecule has 9 nitrogen and oxygen atoms in total. The largest absolute Gasteiger partial charge is 0.400 e. The molecule has 0 spiro atoms. The Bertz CT molecular complexity index is 1030. The second kappa shape index (κ2) is 10.3. The molecule has 0 heterocycles. The highest BCUT2D eigenvalue weighted by Crippen LogP contribution is 2.50. The first-order valence-corrected chi connectivity index (χ1v) is 13.3. The predicted octanol–water partition coefficient (Wildman–Crippen LogP) is 1.58. The van der Waals surface area contributed by atoms with Crippen molar-refractivity contribution >= 4 is 30.1 Å². The van der Waals surface area contributed by atoms with E-state index in [9.17, 15) is 56.0 Å². The maximum absolute atomic E-state index is 14.8. The van der Waals surface area contributed by atoms with Crippen LogP contribution in [0.1, 0.15) is 27.2 Å². The molecule has 1 atom stereocenters. The Balaban J connectivity index is 6.58. The van der Waals surface area contributed by atoms with Crippen molar-refractivity contribution < 1.29 is 56.0 Å². The topological polar surface area (TPSA) is 130 Å². The SMILES string of the molecule is C/C=C\C(F)(F)S(=O)(=O)NS(=O)(=O)C(F)(F)C(C)(F)C(F)(F)S(=O)(=O)N(CCC)CCNC. The van der Waals surface area contributed by atoms with E-state index in [1.165, 1.54) is 14.0 Å². The molecule has 0 rings (SSSR count). The van der Waals surface area contributed by atoms with Crippen LogP contribution < -0.4 is 9.44 Å². The van der Waals surface area contributed by atoms with Crippen LogP contribution in [0.25, 0.3) is 0 Å². The number of halogens is 7. The lowest BCUT2D eigenvalue weighted by Crippen LogP contribution is -2.66. The quantitative estimate of drug-likeness (QED) is 0.244. The Hall–Kier alpha value is -1.02. The van der Waals surface area contributed by atoms with Gasteiger partial charge in [0, 0.05) is 19.6 Å². The van der Waals surface area contributed by atoms with Crippen LogP contribution in [0.3, 0.4) is 0 Å². The predicted molar refractivity (Wildman–Crippen MR) is 105 cm³/mol. The van der Waals surface area contributed by atoms with Crippen LogP contribution in [0.4, 0.5) is 30.7 Å². The molecule has 0 amide bonds. The van der Waals surface area contributed by atoms with Crippen LogP contribution in [0.5, 0.6) is 0 Å². The molecule has 33 heavy (non-hydrogen) atoms. The van der Waals surface area contributed by atoms with Crippen molar-refractivity contribution in [1.29, 1.82) is 0 Å². The van der Waals surface area contributed by atoms with Gasteiger partial charge in [0.15, 0.2) is 0 Å². The number of rotatable bonds is 14. The molecule has 0 aliphatic rings. The van der Waals surface area contributed by atoms with E-state index in [1.54, 1.807) is 0 Å². The highest BCUT2D eigenvalue weighted by atomic mass is 32.3. The van der Waals surface area contributed by atoms with Crippen molar-refractivity contribution in [3.05, 3.63) is 12.2 Å². The maximum atomic E-state index is 14.8. The minimum Gasteiger partial charge on any atom is -0.318 e. The van der Waals surface area contributed by atoms with Crippen molar-refractivity contribution in [2.75, 3.05) is 26.7 Å². The second-order valence-corrected chi connectivity index (χ2v) is 12.4. The maximum Gasteiger partial charge on any atom is 0.400 e. The monoisotopic (exact) mass is 559 g/mol. The summed E-state index contributed by atoms with van der Waals surface area (Å²) in [6.45, 7) is -0.370. The van der Waals surface area contributed by atoms with Crippen molar-refractivity contribution in [3.8, 4) is 0 Å². The molecule has 0 aliphatic carbocycles. The van der Waals surface area contributed by atoms with Gasteiger partial charge in [0.2, 0.25) is 0 Å². The van der Waals surface area contributed by atoms with Gasteiger partial charge in [0.05, 0.1) is 0 Å². The summed E-state index contributed by atoms with van der Waals surface area (Å²) in [6, 6.07) is 0. The third-order valence-corrected chi connectivity index (χ3v) is 9.86. The average Bonchev–Trinajstić information content (AvgIpc) is 2.63. The summed E-state index contributed by atoms with van der Waals surface area (Å²) in [5.74, 6) is 0. The molecule has 198 valence electrons. The molecule has 1 unspecified atom stereocenters. The Morgan fingerprint density at radius 3 is 1.73 bits per heavy atom. The fraction of sp³-hybridized carbons (Fsp3) is 0.857. The molecule has 0 bridgehead atoms. The van der Waals surface area contributed by atoms with E-state index in [4.69, 9.17) is 0 Å². The normalized spacial score (nSPS) is 17.0. The third-order valence-electron chi connectivity index (χ3n) is 4.12. The van der Waals surface area contributed by atoms with E-state index in [0.717, 1.165) is 6.92 Å². The van der Waals surface area contributed by atoms with Crippen molar-refractivity contribution in [3.63, 3.8) is 0 Å². The first-order valence-electron chi connectivity index (χ1n) is 8.92. The summed E-state index contributed by atoms with van der Waals surface area (Å²) in [6.07, 6.45) is -0.158. The summed E-state index contributed by atoms with van der Waals surface area (Å²) < 4.78 is 171. The summed E-state index contributed by atoms with van der Waals surface area (Å²) in [5.41, 5.74) is -5.82. The molecule has 0 saturated carbocycles. The van der Waals surface area contributed by atoms with Crippen LogP contribution in [-0.2, 0) is 30.1 Å². The minimum absolute atomic E-state index is 0.0750. The van der Waals surface area contributed by atoms with E-state index >= 15 is 0 Å². The van der Waals surface area contributed by atoms with Gasteiger partial charge in [-0.3, -0.25) is 0 Å². The number of likely N-dealkylation sites (N-methyl/N-ethyl adjacent to an activating group) is 1. The Morgan fingerprint density at radius 2 is 1.33 bits per heavy atom. The van der Waals surface area contributed by atoms with Gasteiger partial charge in [0.25, 0.3) is 35.7 Å². The zero-order chi connectivity index (χ0) is 26.7. The zero-order valence-corrected chi connectivity index (χ0v) is 20.2. The standard InChI is InChI=1S/C14H24F7N3O6S3/c1-5-7-12(16,17)31(25,26)23-32(27,28)13(18,19)11(3,15)14(20,21)33(29,30)24(9-6-2)10-8-22-4/h5,7,22-23H,6,8-10H2,1-4H3/b7-5-. The van der Waals surface area contributed by atoms with Crippen molar-refractivity contribution in [2.45, 2.75) is 48.6 Å². The minimum atomic E-state index is -7.21. The lowest BCUT2D eigenvalue weighted by atomic mass is 10.1. The molecule has 19 heteroatoms. The highest BCUT2D eigenvalue weighted by molar-refractivity contribution is 8.05. The Labute approximate surface area is 187 Å². The molecule has 0 aromatic carbocycles. The summed E-state index contributed by atoms with van der Waals surface area (Å²) in [5, 5.41) is -15.4. The van der Waals surface area contributed by atoms with Gasteiger partial charge in [-0.25, -0.2) is 29.6 Å². The fourth-order valence-corrected chi connectivity index (χ4v) is 6.92. The van der Waals surface area contributed by atoms with Gasteiger partial charge in [-0.05, 0) is 33.4 Å². The van der Waals surface area contributed by atoms with Crippen LogP contribution in [-0.4, -0.2) is 77.7 Å². The molecule has 0 radical (unpaired) electrons. The first-order chi connectivity index (χ1) is 14.5. The average molecular weight is 560 g/mol. The third kappa shape index (κ3) is 5.80. The zero-order valence-electron chi connectivity index (χ0n) is 17.8. The lowest BCUT2D eigenvalue weighted by Gasteiger charge is -2.37. The molecule has 0 aromatic rings. The van der Waals surface area contributed by atoms with E-state index in [0.29, 0.717) is 6.08 Å². The van der Waals surface area contributed by atoms with E-state index in [-0.39, 0.29) is 21.4 Å². The fourth-order valence-electron chi connectivity index (χ4n) is 2.20.